The van der Waals surface area contributed by atoms with E-state index in [-0.39, 0.29) is 127 Å². The van der Waals surface area contributed by atoms with Gasteiger partial charge >= 0.3 is 0 Å². The number of hydrogen-bond acceptors (Lipinski definition) is 17. The molecule has 31 N–H and O–H groups in total. The van der Waals surface area contributed by atoms with E-state index in [2.05, 4.69) is 79.7 Å². The van der Waals surface area contributed by atoms with E-state index in [1.54, 1.807) is 61.1 Å². The summed E-state index contributed by atoms with van der Waals surface area (Å²) < 4.78 is 0. The molecule has 2 heterocycles. The van der Waals surface area contributed by atoms with Crippen LogP contribution in [-0.2, 0) is 65.6 Å². The Balaban J connectivity index is 1.70. The number of nitrogens with one attached hydrogen (secondary N) is 11. The van der Waals surface area contributed by atoms with Gasteiger partial charge in [-0.25, -0.2) is 0 Å². The van der Waals surface area contributed by atoms with Crippen LogP contribution in [0.2, 0.25) is 0 Å². The first-order valence-corrected chi connectivity index (χ1v) is 42.6. The Morgan fingerprint density at radius 3 is 1.02 bits per heavy atom. The molecule has 0 aliphatic heterocycles. The first-order chi connectivity index (χ1) is 55.8. The highest BCUT2D eigenvalue weighted by Gasteiger charge is 2.37. The minimum Gasteiger partial charge on any atom is -0.370 e. The summed E-state index contributed by atoms with van der Waals surface area (Å²) in [6.45, 7) is 3.01. The van der Waals surface area contributed by atoms with Crippen molar-refractivity contribution in [2.45, 2.75) is 273 Å². The fraction of sp³-hybridized carbons (Fsp3) is 0.625. The van der Waals surface area contributed by atoms with E-state index in [0.29, 0.717) is 77.3 Å². The summed E-state index contributed by atoms with van der Waals surface area (Å²) in [4.78, 5) is 177. The number of H-pyrrole nitrogens is 2. The highest BCUT2D eigenvalue weighted by molar-refractivity contribution is 7.98. The molecule has 646 valence electrons. The molecule has 0 spiro atoms. The van der Waals surface area contributed by atoms with Gasteiger partial charge < -0.3 is 115 Å². The number of nitrogens with two attached hydrogens (primary N) is 10. The summed E-state index contributed by atoms with van der Waals surface area (Å²) in [6.07, 6.45) is 23.7. The van der Waals surface area contributed by atoms with E-state index in [0.717, 1.165) is 25.7 Å². The summed E-state index contributed by atoms with van der Waals surface area (Å²) in [7, 11) is 0. The average Bonchev–Trinajstić information content (AvgIpc) is 1.66. The Kier molecular flexibility index (Phi) is 48.2. The summed E-state index contributed by atoms with van der Waals surface area (Å²) >= 11 is 1.37. The number of aromatic nitrogens is 2. The van der Waals surface area contributed by atoms with Gasteiger partial charge in [0, 0.05) is 79.5 Å². The van der Waals surface area contributed by atoms with Crippen LogP contribution < -0.4 is 105 Å². The zero-order chi connectivity index (χ0) is 85.0. The minimum atomic E-state index is -1.67. The molecule has 116 heavy (non-hydrogen) atoms. The van der Waals surface area contributed by atoms with Crippen molar-refractivity contribution in [2.24, 2.45) is 72.3 Å². The number of thioether (sulfide) groups is 1. The second-order valence-corrected chi connectivity index (χ2v) is 30.5. The van der Waals surface area contributed by atoms with E-state index in [4.69, 9.17) is 57.3 Å². The van der Waals surface area contributed by atoms with Gasteiger partial charge in [0.15, 0.2) is 17.9 Å². The van der Waals surface area contributed by atoms with E-state index >= 15 is 19.2 Å². The minimum absolute atomic E-state index is 0.00769. The maximum absolute atomic E-state index is 15.4. The molecule has 36 heteroatoms. The van der Waals surface area contributed by atoms with Crippen LogP contribution in [0.4, 0.5) is 0 Å². The smallest absolute Gasteiger partial charge is 0.243 e. The van der Waals surface area contributed by atoms with Crippen molar-refractivity contribution in [3.05, 3.63) is 72.1 Å². The summed E-state index contributed by atoms with van der Waals surface area (Å²) in [5, 5.41) is 26.3. The van der Waals surface area contributed by atoms with Crippen molar-refractivity contribution in [3.63, 3.8) is 0 Å². The molecule has 0 aliphatic rings. The SMILES string of the molecule is CCCCCCCCCCCCCCCCCC(=O)N[C@@H](CCCN=C(N)N)C(=O)N[C@@H](CCCN=C(N)N)C(=O)N[C@@H](Cc1c[nH]c2ccccc12)C(=O)N[C@@H](CCC(N)=O)C(=O)N[C@@H](Cc1c[nH]c2ccccc12)C(=O)N[C@@H](CCCN=C(N)N)C(=O)N[C@@H](CCSC)C(=O)N[C@@H](CCCCN)C(=O)N[C@@H](CCCCN)C(N)=O. The number of primary amides is 2. The molecule has 0 saturated carbocycles. The largest absolute Gasteiger partial charge is 0.370 e. The van der Waals surface area contributed by atoms with Crippen molar-refractivity contribution in [1.29, 1.82) is 0 Å². The molecule has 0 aliphatic carbocycles. The zero-order valence-corrected chi connectivity index (χ0v) is 68.9. The number of guanidine groups is 3. The molecule has 11 amide bonds. The summed E-state index contributed by atoms with van der Waals surface area (Å²) in [5.41, 5.74) is 59.4. The lowest BCUT2D eigenvalue weighted by molar-refractivity contribution is -0.136. The molecule has 9 atom stereocenters. The molecular weight excluding hydrogens is 1510 g/mol. The highest BCUT2D eigenvalue weighted by atomic mass is 32.2. The number of aromatic amines is 2. The average molecular weight is 1640 g/mol. The van der Waals surface area contributed by atoms with Crippen molar-refractivity contribution < 1.29 is 52.7 Å². The predicted octanol–water partition coefficient (Wildman–Crippen LogP) is 1.98. The Morgan fingerprint density at radius 2 is 0.664 bits per heavy atom. The van der Waals surface area contributed by atoms with Gasteiger partial charge in [-0.2, -0.15) is 11.8 Å². The third-order valence-electron chi connectivity index (χ3n) is 20.0. The Hall–Kier alpha value is -10.2. The number of unbranched alkanes of at least 4 members (excludes halogenated alkanes) is 16. The number of carbonyl (C=O) groups is 11. The number of aliphatic imine (C=N–C) groups is 3. The lowest BCUT2D eigenvalue weighted by Crippen LogP contribution is -2.61. The van der Waals surface area contributed by atoms with E-state index in [1.165, 1.54) is 76.0 Å². The zero-order valence-electron chi connectivity index (χ0n) is 68.1. The number of hydrogen-bond donors (Lipinski definition) is 21. The van der Waals surface area contributed by atoms with Gasteiger partial charge in [0.05, 0.1) is 0 Å². The van der Waals surface area contributed by atoms with Crippen LogP contribution in [0.5, 0.6) is 0 Å². The third kappa shape index (κ3) is 39.4. The summed E-state index contributed by atoms with van der Waals surface area (Å²) in [5.74, 6) is -9.07. The van der Waals surface area contributed by atoms with Crippen LogP contribution >= 0.6 is 11.8 Å². The van der Waals surface area contributed by atoms with E-state index in [1.807, 2.05) is 6.07 Å². The monoisotopic (exact) mass is 1640 g/mol. The maximum atomic E-state index is 15.4. The van der Waals surface area contributed by atoms with Gasteiger partial charge in [0.25, 0.3) is 0 Å². The van der Waals surface area contributed by atoms with Crippen LogP contribution in [0.3, 0.4) is 0 Å². The van der Waals surface area contributed by atoms with Gasteiger partial charge in [-0.1, -0.05) is 133 Å². The number of benzene rings is 2. The second kappa shape index (κ2) is 56.9. The van der Waals surface area contributed by atoms with Crippen LogP contribution in [0.15, 0.2) is 75.9 Å². The van der Waals surface area contributed by atoms with E-state index in [9.17, 15) is 33.6 Å². The maximum Gasteiger partial charge on any atom is 0.243 e. The number of para-hydroxylation sites is 2. The number of rotatable bonds is 64. The fourth-order valence-electron chi connectivity index (χ4n) is 13.5. The van der Waals surface area contributed by atoms with Gasteiger partial charge in [0.1, 0.15) is 54.4 Å². The molecule has 0 saturated heterocycles. The number of fused-ring (bicyclic) bond motifs is 2. The lowest BCUT2D eigenvalue weighted by atomic mass is 10.0. The molecule has 0 fully saturated rings. The first kappa shape index (κ1) is 98.1. The van der Waals surface area contributed by atoms with Crippen LogP contribution in [0, 0.1) is 0 Å². The molecular formula is C80H134N24O11S. The Morgan fingerprint density at radius 1 is 0.353 bits per heavy atom. The van der Waals surface area contributed by atoms with Gasteiger partial charge in [0.2, 0.25) is 65.0 Å². The summed E-state index contributed by atoms with van der Waals surface area (Å²) in [6, 6.07) is 1.93. The van der Waals surface area contributed by atoms with Crippen LogP contribution in [0.1, 0.15) is 217 Å². The number of carbonyl (C=O) groups excluding carboxylic acids is 11. The lowest BCUT2D eigenvalue weighted by Gasteiger charge is -2.28. The molecule has 0 radical (unpaired) electrons. The molecule has 2 aromatic heterocycles. The Bertz CT molecular complexity index is 3760. The standard InChI is InChI=1S/C80H134N24O11S/c1-3-4-5-6-7-8-9-10-11-12-13-14-15-16-17-38-68(106)96-59(35-26-44-91-78(85)86)70(108)99-62(37-28-46-93-80(89)90)73(111)103-66(49-53-51-95-57-32-21-19-30-55(53)57)77(115)101-63(39-40-67(83)105)74(112)104-65(48-52-50-94-56-31-20-18-29-54(52)56)76(114)100-61(36-27-45-92-79(87)88)72(110)102-64(41-47-116-2)75(113)98-60(34-23-25-43-82)71(109)97-58(69(84)107)33-22-24-42-81/h18-21,29-32,50-51,58-66,94-95H,3-17,22-28,33-49,81-82H2,1-2H3,(H2,83,105)(H2,84,107)(H,96,106)(H,97,109)(H,98,113)(H,99,108)(H,100,114)(H,101,115)(H,102,110)(H,103,111)(H,104,112)(H4,85,86,91)(H4,87,88,92)(H4,89,90,93)/t58-,59-,60-,61-,62-,63-,64-,65-,66-/m0/s1. The van der Waals surface area contributed by atoms with Gasteiger partial charge in [-0.3, -0.25) is 67.7 Å². The highest BCUT2D eigenvalue weighted by Crippen LogP contribution is 2.23. The predicted molar refractivity (Wildman–Crippen MR) is 457 cm³/mol. The topological polar surface area (TPSA) is 625 Å². The normalized spacial score (nSPS) is 13.5. The number of nitrogens with zero attached hydrogens (tertiary/aromatic N) is 3. The first-order valence-electron chi connectivity index (χ1n) is 41.2. The van der Waals surface area contributed by atoms with Crippen molar-refractivity contribution >= 4 is 116 Å². The molecule has 4 aromatic rings. The third-order valence-corrected chi connectivity index (χ3v) is 20.6. The molecule has 4 rings (SSSR count). The molecule has 2 aromatic carbocycles. The Labute approximate surface area is 686 Å². The number of amides is 11. The van der Waals surface area contributed by atoms with Crippen molar-refractivity contribution in [3.8, 4) is 0 Å². The quantitative estimate of drug-likeness (QED) is 0.0171. The van der Waals surface area contributed by atoms with Crippen molar-refractivity contribution in [1.82, 2.24) is 57.8 Å². The van der Waals surface area contributed by atoms with Crippen LogP contribution in [-0.4, -0.2) is 192 Å². The fourth-order valence-corrected chi connectivity index (χ4v) is 13.9. The van der Waals surface area contributed by atoms with Gasteiger partial charge in [-0.05, 0) is 145 Å². The van der Waals surface area contributed by atoms with Crippen molar-refractivity contribution in [2.75, 3.05) is 44.7 Å². The molecule has 0 bridgehead atoms. The van der Waals surface area contributed by atoms with Crippen LogP contribution in [0.25, 0.3) is 21.8 Å². The van der Waals surface area contributed by atoms with E-state index < -0.39 is 126 Å². The van der Waals surface area contributed by atoms with Gasteiger partial charge in [-0.15, -0.1) is 0 Å². The molecule has 35 nitrogen and oxygen atoms in total. The molecule has 0 unspecified atom stereocenters. The second-order valence-electron chi connectivity index (χ2n) is 29.5.